The van der Waals surface area contributed by atoms with Gasteiger partial charge in [0.1, 0.15) is 17.2 Å². The molecule has 122 valence electrons. The van der Waals surface area contributed by atoms with Crippen LogP contribution in [-0.2, 0) is 0 Å². The maximum Gasteiger partial charge on any atom is 0.255 e. The first-order valence-electron chi connectivity index (χ1n) is 7.26. The zero-order valence-electron chi connectivity index (χ0n) is 13.8. The van der Waals surface area contributed by atoms with E-state index < -0.39 is 0 Å². The van der Waals surface area contributed by atoms with Crippen molar-refractivity contribution in [3.05, 3.63) is 53.6 Å². The van der Waals surface area contributed by atoms with Crippen LogP contribution in [0.4, 0.5) is 0 Å². The molecule has 0 heterocycles. The number of hydrogen-bond donors (Lipinski definition) is 1. The van der Waals surface area contributed by atoms with E-state index in [4.69, 9.17) is 14.2 Å². The highest BCUT2D eigenvalue weighted by atomic mass is 16.5. The Morgan fingerprint density at radius 3 is 2.30 bits per heavy atom. The van der Waals surface area contributed by atoms with E-state index in [-0.39, 0.29) is 11.9 Å². The standard InChI is InChI=1S/C18H21NO4/c1-12(15-11-13(21-2)9-10-17(15)23-4)19-18(20)14-7-5-6-8-16(14)22-3/h5-12H,1-4H3,(H,19,20). The molecule has 2 aromatic carbocycles. The van der Waals surface area contributed by atoms with Gasteiger partial charge in [0.05, 0.1) is 32.9 Å². The van der Waals surface area contributed by atoms with Gasteiger partial charge in [0, 0.05) is 5.56 Å². The number of rotatable bonds is 6. The summed E-state index contributed by atoms with van der Waals surface area (Å²) in [4.78, 5) is 12.5. The molecular formula is C18H21NO4. The number of carbonyl (C=O) groups is 1. The van der Waals surface area contributed by atoms with Crippen LogP contribution in [0.3, 0.4) is 0 Å². The first-order chi connectivity index (χ1) is 11.1. The third-order valence-corrected chi connectivity index (χ3v) is 3.60. The summed E-state index contributed by atoms with van der Waals surface area (Å²) in [5.74, 6) is 1.73. The minimum atomic E-state index is -0.252. The third kappa shape index (κ3) is 3.74. The van der Waals surface area contributed by atoms with Crippen molar-refractivity contribution in [3.63, 3.8) is 0 Å². The number of hydrogen-bond acceptors (Lipinski definition) is 4. The van der Waals surface area contributed by atoms with Crippen LogP contribution < -0.4 is 19.5 Å². The highest BCUT2D eigenvalue weighted by molar-refractivity contribution is 5.97. The van der Waals surface area contributed by atoms with Crippen LogP contribution in [0.5, 0.6) is 17.2 Å². The van der Waals surface area contributed by atoms with E-state index in [9.17, 15) is 4.79 Å². The molecule has 0 saturated heterocycles. The van der Waals surface area contributed by atoms with E-state index in [1.54, 1.807) is 39.5 Å². The number of amides is 1. The summed E-state index contributed by atoms with van der Waals surface area (Å²) in [6, 6.07) is 12.3. The molecule has 2 rings (SSSR count). The molecule has 0 aliphatic rings. The molecule has 1 N–H and O–H groups in total. The number of ether oxygens (including phenoxy) is 3. The van der Waals surface area contributed by atoms with Crippen LogP contribution in [0.1, 0.15) is 28.9 Å². The maximum absolute atomic E-state index is 12.5. The van der Waals surface area contributed by atoms with Gasteiger partial charge in [-0.25, -0.2) is 0 Å². The van der Waals surface area contributed by atoms with E-state index in [0.717, 1.165) is 5.56 Å². The van der Waals surface area contributed by atoms with E-state index in [1.807, 2.05) is 31.2 Å². The van der Waals surface area contributed by atoms with E-state index in [1.165, 1.54) is 0 Å². The molecule has 23 heavy (non-hydrogen) atoms. The second-order valence-corrected chi connectivity index (χ2v) is 5.00. The summed E-state index contributed by atoms with van der Waals surface area (Å²) >= 11 is 0. The van der Waals surface area contributed by atoms with Gasteiger partial charge in [-0.05, 0) is 37.3 Å². The predicted molar refractivity (Wildman–Crippen MR) is 88.4 cm³/mol. The highest BCUT2D eigenvalue weighted by Gasteiger charge is 2.18. The Balaban J connectivity index is 2.24. The van der Waals surface area contributed by atoms with Crippen LogP contribution in [0.15, 0.2) is 42.5 Å². The molecule has 0 bridgehead atoms. The molecule has 0 aromatic heterocycles. The summed E-state index contributed by atoms with van der Waals surface area (Å²) in [5.41, 5.74) is 1.33. The predicted octanol–water partition coefficient (Wildman–Crippen LogP) is 3.20. The quantitative estimate of drug-likeness (QED) is 0.889. The Bertz CT molecular complexity index is 684. The lowest BCUT2D eigenvalue weighted by Crippen LogP contribution is -2.27. The first-order valence-corrected chi connectivity index (χ1v) is 7.26. The van der Waals surface area contributed by atoms with Crippen LogP contribution in [0.2, 0.25) is 0 Å². The van der Waals surface area contributed by atoms with E-state index >= 15 is 0 Å². The topological polar surface area (TPSA) is 56.8 Å². The normalized spacial score (nSPS) is 11.5. The number of para-hydroxylation sites is 1. The van der Waals surface area contributed by atoms with E-state index in [0.29, 0.717) is 22.8 Å². The lowest BCUT2D eigenvalue weighted by Gasteiger charge is -2.19. The van der Waals surface area contributed by atoms with Crippen molar-refractivity contribution in [1.29, 1.82) is 0 Å². The van der Waals surface area contributed by atoms with Gasteiger partial charge in [-0.15, -0.1) is 0 Å². The van der Waals surface area contributed by atoms with Gasteiger partial charge >= 0.3 is 0 Å². The van der Waals surface area contributed by atoms with Crippen molar-refractivity contribution < 1.29 is 19.0 Å². The van der Waals surface area contributed by atoms with Gasteiger partial charge < -0.3 is 19.5 Å². The molecule has 1 amide bonds. The molecule has 0 radical (unpaired) electrons. The second kappa shape index (κ2) is 7.54. The largest absolute Gasteiger partial charge is 0.497 e. The minimum absolute atomic E-state index is 0.208. The molecular weight excluding hydrogens is 294 g/mol. The maximum atomic E-state index is 12.5. The molecule has 1 atom stereocenters. The number of carbonyl (C=O) groups excluding carboxylic acids is 1. The first kappa shape index (κ1) is 16.7. The molecule has 5 nitrogen and oxygen atoms in total. The minimum Gasteiger partial charge on any atom is -0.497 e. The third-order valence-electron chi connectivity index (χ3n) is 3.60. The fourth-order valence-electron chi connectivity index (χ4n) is 2.36. The number of benzene rings is 2. The lowest BCUT2D eigenvalue weighted by atomic mass is 10.1. The van der Waals surface area contributed by atoms with Crippen molar-refractivity contribution in [2.45, 2.75) is 13.0 Å². The molecule has 0 aliphatic carbocycles. The average Bonchev–Trinajstić information content (AvgIpc) is 2.60. The summed E-state index contributed by atoms with van der Waals surface area (Å²) < 4.78 is 15.8. The van der Waals surface area contributed by atoms with Crippen molar-refractivity contribution in [1.82, 2.24) is 5.32 Å². The van der Waals surface area contributed by atoms with Crippen LogP contribution >= 0.6 is 0 Å². The monoisotopic (exact) mass is 315 g/mol. The Morgan fingerprint density at radius 1 is 0.957 bits per heavy atom. The van der Waals surface area contributed by atoms with Crippen molar-refractivity contribution >= 4 is 5.91 Å². The molecule has 0 fully saturated rings. The van der Waals surface area contributed by atoms with Crippen LogP contribution in [0, 0.1) is 0 Å². The summed E-state index contributed by atoms with van der Waals surface area (Å²) in [7, 11) is 4.74. The lowest BCUT2D eigenvalue weighted by molar-refractivity contribution is 0.0936. The Labute approximate surface area is 136 Å². The SMILES string of the molecule is COc1ccc(OC)c(C(C)NC(=O)c2ccccc2OC)c1. The van der Waals surface area contributed by atoms with Crippen LogP contribution in [0.25, 0.3) is 0 Å². The van der Waals surface area contributed by atoms with Crippen molar-refractivity contribution in [2.75, 3.05) is 21.3 Å². The molecule has 0 aliphatic heterocycles. The smallest absolute Gasteiger partial charge is 0.255 e. The fourth-order valence-corrected chi connectivity index (χ4v) is 2.36. The zero-order chi connectivity index (χ0) is 16.8. The van der Waals surface area contributed by atoms with Gasteiger partial charge in [0.2, 0.25) is 0 Å². The summed E-state index contributed by atoms with van der Waals surface area (Å²) in [6.07, 6.45) is 0. The highest BCUT2D eigenvalue weighted by Crippen LogP contribution is 2.29. The van der Waals surface area contributed by atoms with Gasteiger partial charge in [0.25, 0.3) is 5.91 Å². The van der Waals surface area contributed by atoms with Gasteiger partial charge in [-0.3, -0.25) is 4.79 Å². The Morgan fingerprint density at radius 2 is 1.65 bits per heavy atom. The van der Waals surface area contributed by atoms with E-state index in [2.05, 4.69) is 5.32 Å². The Kier molecular flexibility index (Phi) is 5.46. The van der Waals surface area contributed by atoms with Gasteiger partial charge in [0.15, 0.2) is 0 Å². The number of methoxy groups -OCH3 is 3. The molecule has 5 heteroatoms. The van der Waals surface area contributed by atoms with Crippen molar-refractivity contribution in [3.8, 4) is 17.2 Å². The molecule has 2 aromatic rings. The second-order valence-electron chi connectivity index (χ2n) is 5.00. The molecule has 0 saturated carbocycles. The van der Waals surface area contributed by atoms with Gasteiger partial charge in [-0.1, -0.05) is 12.1 Å². The Hall–Kier alpha value is -2.69. The summed E-state index contributed by atoms with van der Waals surface area (Å²) in [6.45, 7) is 1.89. The molecule has 1 unspecified atom stereocenters. The molecule has 0 spiro atoms. The average molecular weight is 315 g/mol. The van der Waals surface area contributed by atoms with Gasteiger partial charge in [-0.2, -0.15) is 0 Å². The number of nitrogens with one attached hydrogen (secondary N) is 1. The fraction of sp³-hybridized carbons (Fsp3) is 0.278. The zero-order valence-corrected chi connectivity index (χ0v) is 13.8. The van der Waals surface area contributed by atoms with Crippen molar-refractivity contribution in [2.24, 2.45) is 0 Å². The van der Waals surface area contributed by atoms with Crippen LogP contribution in [-0.4, -0.2) is 27.2 Å². The summed E-state index contributed by atoms with van der Waals surface area (Å²) in [5, 5.41) is 2.96.